The lowest BCUT2D eigenvalue weighted by molar-refractivity contribution is -0.165. The molecule has 1 saturated heterocycles. The average molecular weight is 564 g/mol. The van der Waals surface area contributed by atoms with E-state index in [0.717, 1.165) is 45.2 Å². The van der Waals surface area contributed by atoms with Crippen molar-refractivity contribution in [2.45, 2.75) is 38.0 Å². The number of aliphatic hydroxyl groups excluding tert-OH is 2. The van der Waals surface area contributed by atoms with Crippen molar-refractivity contribution in [3.63, 3.8) is 0 Å². The van der Waals surface area contributed by atoms with Crippen LogP contribution in [0.25, 0.3) is 0 Å². The number of fused-ring (bicyclic) bond motifs is 1. The molecule has 0 radical (unpaired) electrons. The number of hydrogen-bond donors (Lipinski definition) is 4. The molecule has 0 spiro atoms. The van der Waals surface area contributed by atoms with E-state index in [4.69, 9.17) is 20.4 Å². The summed E-state index contributed by atoms with van der Waals surface area (Å²) in [5.74, 6) is -2.22. The topological polar surface area (TPSA) is 151 Å². The minimum atomic E-state index is -2.27. The summed E-state index contributed by atoms with van der Waals surface area (Å²) in [6.07, 6.45) is 0.279. The number of rotatable bonds is 6. The number of hydrogen-bond acceptors (Lipinski definition) is 9. The number of aliphatic hydroxyl groups is 2. The van der Waals surface area contributed by atoms with Gasteiger partial charge in [-0.2, -0.15) is 0 Å². The van der Waals surface area contributed by atoms with Gasteiger partial charge in [0.15, 0.2) is 12.2 Å². The summed E-state index contributed by atoms with van der Waals surface area (Å²) >= 11 is 0. The molecular formula is C30H37N5O6. The third-order valence-corrected chi connectivity index (χ3v) is 7.51. The first-order chi connectivity index (χ1) is 19.6. The molecule has 0 saturated carbocycles. The van der Waals surface area contributed by atoms with Crippen molar-refractivity contribution in [3.8, 4) is 0 Å². The van der Waals surface area contributed by atoms with Crippen LogP contribution in [0.2, 0.25) is 0 Å². The van der Waals surface area contributed by atoms with Gasteiger partial charge in [-0.3, -0.25) is 0 Å². The molecule has 2 aliphatic rings. The number of aliphatic carboxylic acids is 2. The van der Waals surface area contributed by atoms with Crippen LogP contribution in [0.5, 0.6) is 0 Å². The first-order valence-corrected chi connectivity index (χ1v) is 13.6. The van der Waals surface area contributed by atoms with Gasteiger partial charge in [0.1, 0.15) is 0 Å². The van der Waals surface area contributed by atoms with Gasteiger partial charge >= 0.3 is 11.9 Å². The van der Waals surface area contributed by atoms with E-state index in [0.29, 0.717) is 5.92 Å². The van der Waals surface area contributed by atoms with E-state index in [9.17, 15) is 9.59 Å². The van der Waals surface area contributed by atoms with Gasteiger partial charge in [-0.25, -0.2) is 19.6 Å². The van der Waals surface area contributed by atoms with Gasteiger partial charge < -0.3 is 35.1 Å². The maximum absolute atomic E-state index is 9.77. The second-order valence-corrected chi connectivity index (χ2v) is 10.5. The molecule has 1 aromatic heterocycles. The van der Waals surface area contributed by atoms with Crippen molar-refractivity contribution in [1.82, 2.24) is 14.9 Å². The second kappa shape index (κ2) is 13.5. The normalized spacial score (nSPS) is 18.8. The third kappa shape index (κ3) is 7.57. The lowest BCUT2D eigenvalue weighted by Gasteiger charge is -2.36. The maximum Gasteiger partial charge on any atom is 0.335 e. The van der Waals surface area contributed by atoms with Gasteiger partial charge in [-0.15, -0.1) is 0 Å². The number of nitrogens with zero attached hydrogens (tertiary/aromatic N) is 5. The smallest absolute Gasteiger partial charge is 0.335 e. The lowest BCUT2D eigenvalue weighted by Crippen LogP contribution is -2.47. The van der Waals surface area contributed by atoms with Crippen molar-refractivity contribution < 1.29 is 30.0 Å². The first-order valence-electron chi connectivity index (χ1n) is 13.6. The highest BCUT2D eigenvalue weighted by atomic mass is 16.4. The number of carboxylic acid groups (broad SMARTS) is 2. The quantitative estimate of drug-likeness (QED) is 0.348. The number of aryl methyl sites for hydroxylation is 1. The van der Waals surface area contributed by atoms with E-state index in [1.165, 1.54) is 34.4 Å². The molecule has 2 aromatic carbocycles. The maximum atomic E-state index is 9.77. The Morgan fingerprint density at radius 1 is 0.854 bits per heavy atom. The number of carboxylic acids is 2. The zero-order valence-electron chi connectivity index (χ0n) is 23.3. The summed E-state index contributed by atoms with van der Waals surface area (Å²) in [5, 5.41) is 32.5. The van der Waals surface area contributed by atoms with Crippen molar-refractivity contribution >= 4 is 23.6 Å². The van der Waals surface area contributed by atoms with Crippen molar-refractivity contribution in [3.05, 3.63) is 83.2 Å². The molecule has 218 valence electrons. The van der Waals surface area contributed by atoms with E-state index in [-0.39, 0.29) is 0 Å². The van der Waals surface area contributed by atoms with Crippen LogP contribution in [-0.2, 0) is 16.1 Å². The highest BCUT2D eigenvalue weighted by Gasteiger charge is 2.29. The Morgan fingerprint density at radius 3 is 2.02 bits per heavy atom. The van der Waals surface area contributed by atoms with E-state index in [1.807, 2.05) is 18.5 Å². The Bertz CT molecular complexity index is 1300. The SMILES string of the molecule is Cc1ccc(C2CCN(C)Cc3cc(N4CCN(c5ncccn5)CC4)ccc32)cc1.O=C(O)[C@H](O)[C@@H](O)C(=O)O. The van der Waals surface area contributed by atoms with E-state index in [2.05, 4.69) is 81.1 Å². The molecule has 11 nitrogen and oxygen atoms in total. The summed E-state index contributed by atoms with van der Waals surface area (Å²) in [6, 6.07) is 18.1. The summed E-state index contributed by atoms with van der Waals surface area (Å²) < 4.78 is 0. The largest absolute Gasteiger partial charge is 0.479 e. The van der Waals surface area contributed by atoms with Crippen molar-refractivity contribution in [2.24, 2.45) is 0 Å². The highest BCUT2D eigenvalue weighted by molar-refractivity contribution is 5.83. The van der Waals surface area contributed by atoms with Gasteiger partial charge in [-0.05, 0) is 61.8 Å². The van der Waals surface area contributed by atoms with Crippen molar-refractivity contribution in [1.29, 1.82) is 0 Å². The van der Waals surface area contributed by atoms with Crippen LogP contribution in [0.1, 0.15) is 34.6 Å². The average Bonchev–Trinajstić information content (AvgIpc) is 3.15. The van der Waals surface area contributed by atoms with Gasteiger partial charge in [0.05, 0.1) is 0 Å². The lowest BCUT2D eigenvalue weighted by atomic mass is 9.86. The monoisotopic (exact) mass is 563 g/mol. The standard InChI is InChI=1S/C26H31N5.C4H6O6/c1-20-4-6-21(7-5-20)25-10-13-29(2)19-22-18-23(8-9-24(22)25)30-14-16-31(17-15-30)26-27-11-3-12-28-26;5-1(3(7)8)2(6)4(9)10/h3-9,11-12,18,25H,10,13-17,19H2,1-2H3;1-2,5-6H,(H,7,8)(H,9,10)/t;1-,2-/m.1/s1. The van der Waals surface area contributed by atoms with Crippen LogP contribution in [0.3, 0.4) is 0 Å². The van der Waals surface area contributed by atoms with Crippen LogP contribution < -0.4 is 9.80 Å². The Balaban J connectivity index is 0.000000334. The van der Waals surface area contributed by atoms with E-state index >= 15 is 0 Å². The molecule has 0 aliphatic carbocycles. The molecule has 0 bridgehead atoms. The van der Waals surface area contributed by atoms with Gasteiger partial charge in [0, 0.05) is 56.7 Å². The van der Waals surface area contributed by atoms with Crippen molar-refractivity contribution in [2.75, 3.05) is 49.6 Å². The van der Waals surface area contributed by atoms with Crippen LogP contribution >= 0.6 is 0 Å². The molecule has 2 aliphatic heterocycles. The number of piperazine rings is 1. The summed E-state index contributed by atoms with van der Waals surface area (Å²) in [5.41, 5.74) is 7.06. The molecular weight excluding hydrogens is 526 g/mol. The number of anilines is 2. The predicted molar refractivity (Wildman–Crippen MR) is 154 cm³/mol. The molecule has 3 atom stereocenters. The Kier molecular flexibility index (Phi) is 9.87. The molecule has 11 heteroatoms. The Labute approximate surface area is 239 Å². The van der Waals surface area contributed by atoms with Crippen LogP contribution in [-0.4, -0.2) is 99.2 Å². The Hall–Kier alpha value is -4.06. The van der Waals surface area contributed by atoms with E-state index < -0.39 is 24.1 Å². The highest BCUT2D eigenvalue weighted by Crippen LogP contribution is 2.36. The summed E-state index contributed by atoms with van der Waals surface area (Å²) in [4.78, 5) is 35.6. The predicted octanol–water partition coefficient (Wildman–Crippen LogP) is 1.96. The Morgan fingerprint density at radius 2 is 1.44 bits per heavy atom. The molecule has 3 heterocycles. The van der Waals surface area contributed by atoms with Crippen LogP contribution in [0, 0.1) is 6.92 Å². The third-order valence-electron chi connectivity index (χ3n) is 7.51. The minimum absolute atomic E-state index is 0.474. The van der Waals surface area contributed by atoms with Crippen LogP contribution in [0.4, 0.5) is 11.6 Å². The fourth-order valence-electron chi connectivity index (χ4n) is 5.17. The number of benzene rings is 2. The zero-order valence-corrected chi connectivity index (χ0v) is 23.3. The van der Waals surface area contributed by atoms with Gasteiger partial charge in [-0.1, -0.05) is 35.9 Å². The molecule has 4 N–H and O–H groups in total. The fraction of sp³-hybridized carbons (Fsp3) is 0.400. The fourth-order valence-corrected chi connectivity index (χ4v) is 5.17. The number of aromatic nitrogens is 2. The van der Waals surface area contributed by atoms with Gasteiger partial charge in [0.2, 0.25) is 5.95 Å². The summed E-state index contributed by atoms with van der Waals surface area (Å²) in [7, 11) is 2.24. The number of carbonyl (C=O) groups is 2. The molecule has 5 rings (SSSR count). The second-order valence-electron chi connectivity index (χ2n) is 10.5. The minimum Gasteiger partial charge on any atom is -0.479 e. The molecule has 1 unspecified atom stereocenters. The molecule has 1 fully saturated rings. The van der Waals surface area contributed by atoms with Gasteiger partial charge in [0.25, 0.3) is 0 Å². The first kappa shape index (κ1) is 29.9. The van der Waals surface area contributed by atoms with Crippen LogP contribution in [0.15, 0.2) is 60.9 Å². The molecule has 3 aromatic rings. The van der Waals surface area contributed by atoms with E-state index in [1.54, 1.807) is 0 Å². The summed E-state index contributed by atoms with van der Waals surface area (Å²) in [6.45, 7) is 8.19. The zero-order chi connectivity index (χ0) is 29.5. The molecule has 0 amide bonds. The molecule has 41 heavy (non-hydrogen) atoms.